The maximum absolute atomic E-state index is 12.5. The van der Waals surface area contributed by atoms with E-state index in [-0.39, 0.29) is 29.1 Å². The number of aliphatic imine (C=N–C) groups is 1. The van der Waals surface area contributed by atoms with Crippen molar-refractivity contribution in [3.8, 4) is 11.9 Å². The van der Waals surface area contributed by atoms with Gasteiger partial charge >= 0.3 is 5.97 Å². The van der Waals surface area contributed by atoms with Crippen LogP contribution in [0.15, 0.2) is 34.1 Å². The van der Waals surface area contributed by atoms with E-state index in [9.17, 15) is 20.0 Å². The maximum Gasteiger partial charge on any atom is 0.340 e. The number of hydrogen-bond acceptors (Lipinski definition) is 7. The Labute approximate surface area is 162 Å². The van der Waals surface area contributed by atoms with Gasteiger partial charge in [-0.15, -0.1) is 0 Å². The molecule has 0 amide bonds. The number of aromatic hydroxyl groups is 1. The van der Waals surface area contributed by atoms with Gasteiger partial charge in [0.05, 0.1) is 23.9 Å². The molecule has 8 nitrogen and oxygen atoms in total. The highest BCUT2D eigenvalue weighted by molar-refractivity contribution is 5.96. The average molecular weight is 383 g/mol. The number of nitrogens with zero attached hydrogens (tertiary/aromatic N) is 3. The van der Waals surface area contributed by atoms with E-state index in [1.165, 1.54) is 20.4 Å². The molecule has 0 aliphatic carbocycles. The minimum Gasteiger partial charge on any atom is -0.494 e. The molecule has 1 aromatic heterocycles. The van der Waals surface area contributed by atoms with E-state index in [0.29, 0.717) is 24.3 Å². The van der Waals surface area contributed by atoms with Gasteiger partial charge in [-0.25, -0.2) is 4.79 Å². The van der Waals surface area contributed by atoms with E-state index < -0.39 is 11.5 Å². The fraction of sp³-hybridized carbons (Fsp3) is 0.300. The number of benzene rings is 1. The number of rotatable bonds is 7. The minimum atomic E-state index is -0.569. The molecule has 1 heterocycles. The highest BCUT2D eigenvalue weighted by Gasteiger charge is 2.18. The molecule has 1 N–H and O–H groups in total. The van der Waals surface area contributed by atoms with E-state index in [4.69, 9.17) is 9.47 Å². The lowest BCUT2D eigenvalue weighted by Crippen LogP contribution is -2.26. The van der Waals surface area contributed by atoms with Gasteiger partial charge in [-0.1, -0.05) is 12.1 Å². The summed E-state index contributed by atoms with van der Waals surface area (Å²) in [6.45, 7) is 2.15. The first-order valence-electron chi connectivity index (χ1n) is 8.53. The molecule has 0 saturated heterocycles. The smallest absolute Gasteiger partial charge is 0.340 e. The predicted molar refractivity (Wildman–Crippen MR) is 103 cm³/mol. The van der Waals surface area contributed by atoms with Crippen molar-refractivity contribution in [2.75, 3.05) is 20.8 Å². The van der Waals surface area contributed by atoms with Crippen molar-refractivity contribution in [1.29, 1.82) is 5.26 Å². The summed E-state index contributed by atoms with van der Waals surface area (Å²) in [5, 5.41) is 20.0. The third-order valence-electron chi connectivity index (χ3n) is 4.22. The number of methoxy groups -OCH3 is 2. The molecule has 0 saturated carbocycles. The standard InChI is InChI=1S/C20H21N3O5/c1-13-15(11-21)18(24)23(9-6-10-27-2)19(25)16(13)12-22-17-8-5-4-7-14(17)20(26)28-3/h4-5,7-8,12,25H,6,9-10H2,1-3H3. The third-order valence-corrected chi connectivity index (χ3v) is 4.22. The molecule has 0 aliphatic rings. The Morgan fingerprint density at radius 3 is 2.71 bits per heavy atom. The van der Waals surface area contributed by atoms with Gasteiger partial charge in [0.15, 0.2) is 0 Å². The summed E-state index contributed by atoms with van der Waals surface area (Å²) in [6.07, 6.45) is 1.82. The summed E-state index contributed by atoms with van der Waals surface area (Å²) in [6, 6.07) is 8.46. The van der Waals surface area contributed by atoms with Gasteiger partial charge in [-0.3, -0.25) is 14.4 Å². The SMILES string of the molecule is COCCCn1c(O)c(C=Nc2ccccc2C(=O)OC)c(C)c(C#N)c1=O. The Balaban J connectivity index is 2.56. The van der Waals surface area contributed by atoms with Gasteiger partial charge in [-0.05, 0) is 31.0 Å². The Morgan fingerprint density at radius 2 is 2.07 bits per heavy atom. The highest BCUT2D eigenvalue weighted by Crippen LogP contribution is 2.23. The monoisotopic (exact) mass is 383 g/mol. The fourth-order valence-electron chi connectivity index (χ4n) is 2.70. The zero-order valence-electron chi connectivity index (χ0n) is 15.9. The largest absolute Gasteiger partial charge is 0.494 e. The van der Waals surface area contributed by atoms with Crippen LogP contribution < -0.4 is 5.56 Å². The lowest BCUT2D eigenvalue weighted by molar-refractivity contribution is 0.0601. The Kier molecular flexibility index (Phi) is 7.07. The molecule has 0 aliphatic heterocycles. The van der Waals surface area contributed by atoms with Gasteiger partial charge in [0.1, 0.15) is 11.6 Å². The van der Waals surface area contributed by atoms with Crippen molar-refractivity contribution in [1.82, 2.24) is 4.57 Å². The van der Waals surface area contributed by atoms with Crippen molar-refractivity contribution in [2.45, 2.75) is 19.9 Å². The van der Waals surface area contributed by atoms with Crippen LogP contribution in [0.3, 0.4) is 0 Å². The Hall–Kier alpha value is -3.44. The molecule has 2 aromatic rings. The van der Waals surface area contributed by atoms with Crippen LogP contribution >= 0.6 is 0 Å². The quantitative estimate of drug-likeness (QED) is 0.446. The number of esters is 1. The molecular formula is C20H21N3O5. The second-order valence-electron chi connectivity index (χ2n) is 5.92. The van der Waals surface area contributed by atoms with Crippen molar-refractivity contribution in [2.24, 2.45) is 4.99 Å². The van der Waals surface area contributed by atoms with Crippen LogP contribution in [0.2, 0.25) is 0 Å². The van der Waals surface area contributed by atoms with Crippen LogP contribution in [-0.2, 0) is 16.0 Å². The number of pyridine rings is 1. The van der Waals surface area contributed by atoms with Crippen LogP contribution in [0.25, 0.3) is 0 Å². The summed E-state index contributed by atoms with van der Waals surface area (Å²) in [4.78, 5) is 28.6. The normalized spacial score (nSPS) is 10.8. The number of hydrogen-bond donors (Lipinski definition) is 1. The predicted octanol–water partition coefficient (Wildman–Crippen LogP) is 2.31. The highest BCUT2D eigenvalue weighted by atomic mass is 16.5. The van der Waals surface area contributed by atoms with Crippen LogP contribution in [0, 0.1) is 18.3 Å². The van der Waals surface area contributed by atoms with Crippen LogP contribution in [0.4, 0.5) is 5.69 Å². The summed E-state index contributed by atoms with van der Waals surface area (Å²) >= 11 is 0. The number of ether oxygens (including phenoxy) is 2. The molecule has 1 aromatic carbocycles. The van der Waals surface area contributed by atoms with Crippen molar-refractivity contribution in [3.63, 3.8) is 0 Å². The molecule has 2 rings (SSSR count). The van der Waals surface area contributed by atoms with Crippen LogP contribution in [-0.4, -0.2) is 42.7 Å². The van der Waals surface area contributed by atoms with Crippen LogP contribution in [0.1, 0.15) is 33.5 Å². The van der Waals surface area contributed by atoms with Crippen molar-refractivity contribution >= 4 is 17.9 Å². The number of para-hydroxylation sites is 1. The van der Waals surface area contributed by atoms with E-state index in [1.54, 1.807) is 31.2 Å². The molecule has 0 fully saturated rings. The molecule has 146 valence electrons. The van der Waals surface area contributed by atoms with E-state index >= 15 is 0 Å². The molecule has 0 radical (unpaired) electrons. The molecule has 0 spiro atoms. The average Bonchev–Trinajstić information content (AvgIpc) is 2.70. The second kappa shape index (κ2) is 9.48. The number of aromatic nitrogens is 1. The summed E-state index contributed by atoms with van der Waals surface area (Å²) in [5.74, 6) is -0.840. The second-order valence-corrected chi connectivity index (χ2v) is 5.92. The Bertz CT molecular complexity index is 1000. The van der Waals surface area contributed by atoms with Crippen molar-refractivity contribution in [3.05, 3.63) is 56.9 Å². The lowest BCUT2D eigenvalue weighted by atomic mass is 10.1. The molecule has 0 atom stereocenters. The first-order valence-corrected chi connectivity index (χ1v) is 8.53. The van der Waals surface area contributed by atoms with Gasteiger partial charge in [-0.2, -0.15) is 5.26 Å². The maximum atomic E-state index is 12.5. The van der Waals surface area contributed by atoms with Crippen molar-refractivity contribution < 1.29 is 19.4 Å². The zero-order valence-corrected chi connectivity index (χ0v) is 15.9. The minimum absolute atomic E-state index is 0.0714. The lowest BCUT2D eigenvalue weighted by Gasteiger charge is -2.14. The van der Waals surface area contributed by atoms with Gasteiger partial charge in [0.2, 0.25) is 5.88 Å². The topological polar surface area (TPSA) is 114 Å². The Morgan fingerprint density at radius 1 is 1.36 bits per heavy atom. The zero-order chi connectivity index (χ0) is 20.7. The molecular weight excluding hydrogens is 362 g/mol. The summed E-state index contributed by atoms with van der Waals surface area (Å²) in [7, 11) is 2.81. The summed E-state index contributed by atoms with van der Waals surface area (Å²) in [5.41, 5.74) is 0.496. The van der Waals surface area contributed by atoms with Gasteiger partial charge in [0, 0.05) is 26.5 Å². The molecule has 28 heavy (non-hydrogen) atoms. The number of nitriles is 1. The van der Waals surface area contributed by atoms with Gasteiger partial charge < -0.3 is 14.6 Å². The van der Waals surface area contributed by atoms with E-state index in [2.05, 4.69) is 4.99 Å². The fourth-order valence-corrected chi connectivity index (χ4v) is 2.70. The first kappa shape index (κ1) is 20.9. The van der Waals surface area contributed by atoms with Gasteiger partial charge in [0.25, 0.3) is 5.56 Å². The van der Waals surface area contributed by atoms with Crippen LogP contribution in [0.5, 0.6) is 5.88 Å². The first-order chi connectivity index (χ1) is 13.5. The molecule has 0 bridgehead atoms. The summed E-state index contributed by atoms with van der Waals surface area (Å²) < 4.78 is 10.8. The molecule has 0 unspecified atom stereocenters. The number of carbonyl (C=O) groups is 1. The third kappa shape index (κ3) is 4.27. The van der Waals surface area contributed by atoms with E-state index in [0.717, 1.165) is 4.57 Å². The van der Waals surface area contributed by atoms with E-state index in [1.807, 2.05) is 6.07 Å². The number of carbonyl (C=O) groups excluding carboxylic acids is 1. The molecule has 8 heteroatoms.